The Balaban J connectivity index is 2.35. The number of benzene rings is 1. The molecule has 0 atom stereocenters. The fraction of sp³-hybridized carbons (Fsp3) is 0.214. The van der Waals surface area contributed by atoms with Crippen molar-refractivity contribution < 1.29 is 10.0 Å². The third kappa shape index (κ3) is 3.92. The van der Waals surface area contributed by atoms with Crippen molar-refractivity contribution in [3.8, 4) is 0 Å². The molecule has 0 aliphatic carbocycles. The summed E-state index contributed by atoms with van der Waals surface area (Å²) in [4.78, 5) is 19.4. The minimum absolute atomic E-state index is 0.0323. The Morgan fingerprint density at radius 2 is 1.90 bits per heavy atom. The van der Waals surface area contributed by atoms with Gasteiger partial charge in [-0.15, -0.1) is 0 Å². The number of nitrogens with zero attached hydrogens (tertiary/aromatic N) is 2. The van der Waals surface area contributed by atoms with Gasteiger partial charge in [0.2, 0.25) is 0 Å². The van der Waals surface area contributed by atoms with E-state index in [1.54, 1.807) is 30.3 Å². The van der Waals surface area contributed by atoms with Crippen molar-refractivity contribution in [2.75, 3.05) is 5.32 Å². The molecule has 0 saturated heterocycles. The van der Waals surface area contributed by atoms with Crippen molar-refractivity contribution in [3.05, 3.63) is 52.1 Å². The SMILES string of the molecule is [CH3][Sn]([CH3])[c]1ccc([N+](=O)[O-])c(Nc2ccc(CO)cc2)n1. The van der Waals surface area contributed by atoms with Gasteiger partial charge in [-0.1, -0.05) is 0 Å². The van der Waals surface area contributed by atoms with Crippen LogP contribution in [0.1, 0.15) is 5.56 Å². The van der Waals surface area contributed by atoms with Crippen LogP contribution in [0.4, 0.5) is 17.2 Å². The molecule has 2 rings (SSSR count). The van der Waals surface area contributed by atoms with Crippen LogP contribution in [0.5, 0.6) is 0 Å². The molecule has 7 heteroatoms. The first kappa shape index (κ1) is 15.7. The summed E-state index contributed by atoms with van der Waals surface area (Å²) in [5.74, 6) is 0.274. The van der Waals surface area contributed by atoms with Crippen molar-refractivity contribution in [2.24, 2.45) is 0 Å². The molecule has 1 radical (unpaired) electrons. The van der Waals surface area contributed by atoms with E-state index in [1.165, 1.54) is 6.07 Å². The molecule has 0 unspecified atom stereocenters. The zero-order chi connectivity index (χ0) is 15.4. The number of anilines is 2. The van der Waals surface area contributed by atoms with Gasteiger partial charge in [0.05, 0.1) is 0 Å². The maximum atomic E-state index is 11.1. The molecule has 0 fully saturated rings. The van der Waals surface area contributed by atoms with Gasteiger partial charge in [0.15, 0.2) is 0 Å². The maximum absolute atomic E-state index is 11.1. The van der Waals surface area contributed by atoms with E-state index in [0.717, 1.165) is 9.27 Å². The minimum atomic E-state index is -1.69. The Bertz CT molecular complexity index is 644. The summed E-state index contributed by atoms with van der Waals surface area (Å²) in [6.07, 6.45) is 0. The fourth-order valence-electron chi connectivity index (χ4n) is 1.80. The van der Waals surface area contributed by atoms with E-state index in [-0.39, 0.29) is 18.1 Å². The van der Waals surface area contributed by atoms with Crippen molar-refractivity contribution in [2.45, 2.75) is 16.5 Å². The summed E-state index contributed by atoms with van der Waals surface area (Å²) in [5.41, 5.74) is 1.46. The van der Waals surface area contributed by atoms with Gasteiger partial charge >= 0.3 is 130 Å². The Hall–Kier alpha value is -1.67. The van der Waals surface area contributed by atoms with Crippen molar-refractivity contribution in [1.82, 2.24) is 4.98 Å². The van der Waals surface area contributed by atoms with E-state index in [0.29, 0.717) is 5.69 Å². The first-order valence-electron chi connectivity index (χ1n) is 6.44. The van der Waals surface area contributed by atoms with Gasteiger partial charge in [-0.2, -0.15) is 0 Å². The molecule has 0 amide bonds. The molecular formula is C14H16N3O3Sn. The van der Waals surface area contributed by atoms with Crippen LogP contribution in [0.3, 0.4) is 0 Å². The predicted molar refractivity (Wildman–Crippen MR) is 83.7 cm³/mol. The van der Waals surface area contributed by atoms with Crippen LogP contribution in [0.15, 0.2) is 36.4 Å². The summed E-state index contributed by atoms with van der Waals surface area (Å²) in [5, 5.41) is 23.1. The van der Waals surface area contributed by atoms with Gasteiger partial charge in [-0.25, -0.2) is 0 Å². The predicted octanol–water partition coefficient (Wildman–Crippen LogP) is 2.19. The first-order chi connectivity index (χ1) is 10.0. The Kier molecular flexibility index (Phi) is 5.13. The molecular weight excluding hydrogens is 377 g/mol. The van der Waals surface area contributed by atoms with Gasteiger partial charge in [0.1, 0.15) is 0 Å². The monoisotopic (exact) mass is 394 g/mol. The molecule has 2 aromatic rings. The van der Waals surface area contributed by atoms with Crippen LogP contribution in [0.2, 0.25) is 9.88 Å². The molecule has 1 aromatic carbocycles. The van der Waals surface area contributed by atoms with Crippen LogP contribution >= 0.6 is 0 Å². The van der Waals surface area contributed by atoms with Gasteiger partial charge in [-0.3, -0.25) is 0 Å². The number of hydrogen-bond donors (Lipinski definition) is 2. The van der Waals surface area contributed by atoms with Crippen LogP contribution in [0, 0.1) is 10.1 Å². The van der Waals surface area contributed by atoms with Gasteiger partial charge < -0.3 is 0 Å². The number of rotatable bonds is 5. The van der Waals surface area contributed by atoms with Gasteiger partial charge in [-0.05, 0) is 0 Å². The zero-order valence-corrected chi connectivity index (χ0v) is 14.7. The number of nitrogens with one attached hydrogen (secondary N) is 1. The van der Waals surface area contributed by atoms with Gasteiger partial charge in [0, 0.05) is 0 Å². The average Bonchev–Trinajstić information content (AvgIpc) is 2.47. The van der Waals surface area contributed by atoms with Gasteiger partial charge in [0.25, 0.3) is 0 Å². The molecule has 0 saturated carbocycles. The average molecular weight is 393 g/mol. The number of aliphatic hydroxyl groups excluding tert-OH is 1. The molecule has 2 N–H and O–H groups in total. The Morgan fingerprint density at radius 1 is 1.24 bits per heavy atom. The zero-order valence-electron chi connectivity index (χ0n) is 11.8. The number of pyridine rings is 1. The van der Waals surface area contributed by atoms with Crippen LogP contribution in [0.25, 0.3) is 0 Å². The van der Waals surface area contributed by atoms with E-state index in [2.05, 4.69) is 20.2 Å². The van der Waals surface area contributed by atoms with Crippen LogP contribution in [-0.2, 0) is 6.61 Å². The number of aromatic nitrogens is 1. The summed E-state index contributed by atoms with van der Waals surface area (Å²) < 4.78 is 0.984. The van der Waals surface area contributed by atoms with E-state index >= 15 is 0 Å². The molecule has 1 heterocycles. The van der Waals surface area contributed by atoms with Crippen molar-refractivity contribution in [1.29, 1.82) is 0 Å². The number of aliphatic hydroxyl groups is 1. The molecule has 0 aliphatic rings. The Labute approximate surface area is 129 Å². The molecule has 109 valence electrons. The topological polar surface area (TPSA) is 88.3 Å². The number of nitro groups is 1. The molecule has 0 bridgehead atoms. The Morgan fingerprint density at radius 3 is 2.43 bits per heavy atom. The van der Waals surface area contributed by atoms with E-state index in [1.807, 2.05) is 0 Å². The molecule has 6 nitrogen and oxygen atoms in total. The fourth-order valence-corrected chi connectivity index (χ4v) is 3.95. The summed E-state index contributed by atoms with van der Waals surface area (Å²) in [6, 6.07) is 10.3. The molecule has 0 aliphatic heterocycles. The second kappa shape index (κ2) is 6.86. The first-order valence-corrected chi connectivity index (χ1v) is 13.6. The second-order valence-electron chi connectivity index (χ2n) is 4.80. The van der Waals surface area contributed by atoms with Crippen molar-refractivity contribution in [3.63, 3.8) is 0 Å². The normalized spacial score (nSPS) is 10.7. The van der Waals surface area contributed by atoms with E-state index in [9.17, 15) is 10.1 Å². The second-order valence-corrected chi connectivity index (χ2v) is 12.0. The van der Waals surface area contributed by atoms with Crippen LogP contribution < -0.4 is 9.03 Å². The third-order valence-electron chi connectivity index (χ3n) is 2.98. The molecule has 0 spiro atoms. The van der Waals surface area contributed by atoms with E-state index < -0.39 is 24.7 Å². The number of hydrogen-bond acceptors (Lipinski definition) is 5. The summed E-state index contributed by atoms with van der Waals surface area (Å²) in [6.45, 7) is -0.0323. The molecule has 21 heavy (non-hydrogen) atoms. The summed E-state index contributed by atoms with van der Waals surface area (Å²) >= 11 is -1.69. The quantitative estimate of drug-likeness (QED) is 0.462. The standard InChI is InChI=1S/C12H10N3O3.2CH3.Sn/c16-8-9-3-5-10(6-4-9)14-12-11(15(17)18)2-1-7-13-12;;;/h1-6,16H,8H2,(H,13,14);2*1H3;. The van der Waals surface area contributed by atoms with Crippen molar-refractivity contribution >= 4 is 40.7 Å². The summed E-state index contributed by atoms with van der Waals surface area (Å²) in [7, 11) is 0. The molecule has 1 aromatic heterocycles. The van der Waals surface area contributed by atoms with Crippen LogP contribution in [-0.4, -0.2) is 34.8 Å². The van der Waals surface area contributed by atoms with E-state index in [4.69, 9.17) is 5.11 Å². The third-order valence-corrected chi connectivity index (χ3v) is 6.70.